The molecule has 2 aromatic rings. The van der Waals surface area contributed by atoms with E-state index >= 15 is 0 Å². The second-order valence-corrected chi connectivity index (χ2v) is 11.2. The summed E-state index contributed by atoms with van der Waals surface area (Å²) in [5.41, 5.74) is 1.12. The van der Waals surface area contributed by atoms with E-state index in [2.05, 4.69) is 16.3 Å². The van der Waals surface area contributed by atoms with Gasteiger partial charge in [0.05, 0.1) is 12.6 Å². The highest BCUT2D eigenvalue weighted by Gasteiger charge is 2.35. The zero-order valence-corrected chi connectivity index (χ0v) is 21.7. The molecule has 1 atom stereocenters. The fourth-order valence-corrected chi connectivity index (χ4v) is 6.73. The topological polar surface area (TPSA) is 53.1 Å². The molecule has 2 aliphatic heterocycles. The Kier molecular flexibility index (Phi) is 8.22. The van der Waals surface area contributed by atoms with Crippen LogP contribution in [0.3, 0.4) is 0 Å². The molecule has 1 aromatic carbocycles. The van der Waals surface area contributed by atoms with E-state index in [1.165, 1.54) is 29.9 Å². The van der Waals surface area contributed by atoms with Crippen molar-refractivity contribution in [1.29, 1.82) is 0 Å². The lowest BCUT2D eigenvalue weighted by Crippen LogP contribution is -2.50. The fourth-order valence-electron chi connectivity index (χ4n) is 5.80. The molecule has 1 saturated carbocycles. The van der Waals surface area contributed by atoms with Gasteiger partial charge in [0, 0.05) is 30.4 Å². The Bertz CT molecular complexity index is 1030. The number of hydrogen-bond donors (Lipinski definition) is 0. The standard InChI is InChI=1S/C28H36FN3O3S/c29-22-7-9-23(10-8-22)35-20-25-24-12-18-36-26(24)11-15-32(25)27(33)19-31(17-16-30-13-3-4-14-30)28(34)21-5-1-2-6-21/h7-10,12,18,21,25H,1-6,11,13-17,19-20H2/t25-/m1/s1. The van der Waals surface area contributed by atoms with Gasteiger partial charge in [0.25, 0.3) is 0 Å². The largest absolute Gasteiger partial charge is 0.491 e. The number of hydrogen-bond acceptors (Lipinski definition) is 5. The molecule has 1 saturated heterocycles. The molecule has 3 heterocycles. The third-order valence-corrected chi connectivity index (χ3v) is 8.86. The van der Waals surface area contributed by atoms with Gasteiger partial charge in [0.1, 0.15) is 18.2 Å². The minimum Gasteiger partial charge on any atom is -0.491 e. The molecule has 0 bridgehead atoms. The second-order valence-electron chi connectivity index (χ2n) is 10.2. The molecule has 3 aliphatic rings. The highest BCUT2D eigenvalue weighted by atomic mass is 32.1. The van der Waals surface area contributed by atoms with Crippen LogP contribution in [0.4, 0.5) is 4.39 Å². The summed E-state index contributed by atoms with van der Waals surface area (Å²) in [6.45, 7) is 4.62. The molecule has 0 spiro atoms. The molecule has 2 amide bonds. The number of rotatable bonds is 9. The first-order valence-corrected chi connectivity index (χ1v) is 14.2. The van der Waals surface area contributed by atoms with Crippen molar-refractivity contribution >= 4 is 23.2 Å². The number of benzene rings is 1. The smallest absolute Gasteiger partial charge is 0.242 e. The van der Waals surface area contributed by atoms with E-state index < -0.39 is 0 Å². The Labute approximate surface area is 217 Å². The first-order chi connectivity index (χ1) is 17.6. The van der Waals surface area contributed by atoms with E-state index in [1.54, 1.807) is 23.5 Å². The number of thiophene rings is 1. The number of fused-ring (bicyclic) bond motifs is 1. The van der Waals surface area contributed by atoms with E-state index in [0.29, 0.717) is 25.4 Å². The fraction of sp³-hybridized carbons (Fsp3) is 0.571. The zero-order chi connectivity index (χ0) is 24.9. The number of nitrogens with zero attached hydrogens (tertiary/aromatic N) is 3. The van der Waals surface area contributed by atoms with Crippen molar-refractivity contribution in [3.8, 4) is 5.75 Å². The summed E-state index contributed by atoms with van der Waals surface area (Å²) >= 11 is 1.71. The molecule has 6 nitrogen and oxygen atoms in total. The van der Waals surface area contributed by atoms with Gasteiger partial charge in [0.15, 0.2) is 0 Å². The predicted octanol–water partition coefficient (Wildman–Crippen LogP) is 4.51. The third kappa shape index (κ3) is 5.92. The van der Waals surface area contributed by atoms with Crippen LogP contribution in [0.1, 0.15) is 55.0 Å². The van der Waals surface area contributed by atoms with Crippen molar-refractivity contribution in [2.45, 2.75) is 51.0 Å². The highest BCUT2D eigenvalue weighted by Crippen LogP contribution is 2.34. The van der Waals surface area contributed by atoms with Gasteiger partial charge in [-0.15, -0.1) is 11.3 Å². The summed E-state index contributed by atoms with van der Waals surface area (Å²) in [6.07, 6.45) is 7.30. The van der Waals surface area contributed by atoms with E-state index in [-0.39, 0.29) is 36.1 Å². The van der Waals surface area contributed by atoms with Gasteiger partial charge >= 0.3 is 0 Å². The van der Waals surface area contributed by atoms with E-state index in [0.717, 1.165) is 57.3 Å². The molecule has 8 heteroatoms. The number of halogens is 1. The Balaban J connectivity index is 1.29. The normalized spacial score (nSPS) is 20.5. The lowest BCUT2D eigenvalue weighted by Gasteiger charge is -2.37. The average Bonchev–Trinajstić information content (AvgIpc) is 3.68. The van der Waals surface area contributed by atoms with Crippen molar-refractivity contribution < 1.29 is 18.7 Å². The summed E-state index contributed by atoms with van der Waals surface area (Å²) in [6, 6.07) is 7.83. The van der Waals surface area contributed by atoms with Crippen molar-refractivity contribution in [1.82, 2.24) is 14.7 Å². The lowest BCUT2D eigenvalue weighted by atomic mass is 10.00. The molecule has 0 N–H and O–H groups in total. The molecule has 0 radical (unpaired) electrons. The molecule has 36 heavy (non-hydrogen) atoms. The van der Waals surface area contributed by atoms with Crippen molar-refractivity contribution in [3.63, 3.8) is 0 Å². The lowest BCUT2D eigenvalue weighted by molar-refractivity contribution is -0.144. The number of ether oxygens (including phenoxy) is 1. The van der Waals surface area contributed by atoms with Crippen molar-refractivity contribution in [3.05, 3.63) is 52.0 Å². The van der Waals surface area contributed by atoms with Gasteiger partial charge in [-0.25, -0.2) is 4.39 Å². The van der Waals surface area contributed by atoms with E-state index in [9.17, 15) is 14.0 Å². The zero-order valence-electron chi connectivity index (χ0n) is 20.9. The molecule has 5 rings (SSSR count). The number of carbonyl (C=O) groups is 2. The summed E-state index contributed by atoms with van der Waals surface area (Å²) in [5.74, 6) is 0.450. The summed E-state index contributed by atoms with van der Waals surface area (Å²) < 4.78 is 19.3. The Morgan fingerprint density at radius 1 is 1.03 bits per heavy atom. The Morgan fingerprint density at radius 2 is 1.78 bits per heavy atom. The van der Waals surface area contributed by atoms with Gasteiger partial charge in [-0.2, -0.15) is 0 Å². The van der Waals surface area contributed by atoms with Crippen LogP contribution in [0.5, 0.6) is 5.75 Å². The quantitative estimate of drug-likeness (QED) is 0.495. The van der Waals surface area contributed by atoms with Crippen LogP contribution >= 0.6 is 11.3 Å². The SMILES string of the molecule is O=C(C1CCCC1)N(CCN1CCCC1)CC(=O)N1CCc2sccc2[C@H]1COc1ccc(F)cc1. The Hall–Kier alpha value is -2.45. The highest BCUT2D eigenvalue weighted by molar-refractivity contribution is 7.10. The first kappa shape index (κ1) is 25.2. The van der Waals surface area contributed by atoms with E-state index in [1.807, 2.05) is 9.80 Å². The number of amides is 2. The van der Waals surface area contributed by atoms with Gasteiger partial charge in [-0.1, -0.05) is 12.8 Å². The molecular formula is C28H36FN3O3S. The first-order valence-electron chi connectivity index (χ1n) is 13.3. The predicted molar refractivity (Wildman–Crippen MR) is 139 cm³/mol. The van der Waals surface area contributed by atoms with Crippen LogP contribution in [-0.4, -0.2) is 72.4 Å². The number of likely N-dealkylation sites (tertiary alicyclic amines) is 1. The monoisotopic (exact) mass is 513 g/mol. The summed E-state index contributed by atoms with van der Waals surface area (Å²) in [4.78, 5) is 34.6. The van der Waals surface area contributed by atoms with Crippen LogP contribution in [0.2, 0.25) is 0 Å². The van der Waals surface area contributed by atoms with Crippen LogP contribution in [0.15, 0.2) is 35.7 Å². The Morgan fingerprint density at radius 3 is 2.53 bits per heavy atom. The van der Waals surface area contributed by atoms with Crippen LogP contribution < -0.4 is 4.74 Å². The average molecular weight is 514 g/mol. The molecule has 1 aromatic heterocycles. The van der Waals surface area contributed by atoms with Gasteiger partial charge in [0.2, 0.25) is 11.8 Å². The summed E-state index contributed by atoms with van der Waals surface area (Å²) in [7, 11) is 0. The van der Waals surface area contributed by atoms with Crippen LogP contribution in [-0.2, 0) is 16.0 Å². The van der Waals surface area contributed by atoms with Gasteiger partial charge in [-0.05, 0) is 86.5 Å². The third-order valence-electron chi connectivity index (χ3n) is 7.86. The molecule has 0 unspecified atom stereocenters. The second kappa shape index (κ2) is 11.7. The number of carbonyl (C=O) groups excluding carboxylic acids is 2. The molecule has 1 aliphatic carbocycles. The van der Waals surface area contributed by atoms with Crippen LogP contribution in [0.25, 0.3) is 0 Å². The minimum atomic E-state index is -0.308. The van der Waals surface area contributed by atoms with Gasteiger partial charge in [-0.3, -0.25) is 9.59 Å². The van der Waals surface area contributed by atoms with Crippen molar-refractivity contribution in [2.24, 2.45) is 5.92 Å². The van der Waals surface area contributed by atoms with E-state index in [4.69, 9.17) is 4.74 Å². The maximum absolute atomic E-state index is 13.7. The maximum atomic E-state index is 13.7. The van der Waals surface area contributed by atoms with Crippen molar-refractivity contribution in [2.75, 3.05) is 45.9 Å². The maximum Gasteiger partial charge on any atom is 0.242 e. The van der Waals surface area contributed by atoms with Crippen LogP contribution in [0, 0.1) is 11.7 Å². The molecule has 2 fully saturated rings. The molecule has 194 valence electrons. The van der Waals surface area contributed by atoms with Gasteiger partial charge < -0.3 is 19.4 Å². The minimum absolute atomic E-state index is 0.0210. The summed E-state index contributed by atoms with van der Waals surface area (Å²) in [5, 5.41) is 2.06. The molecular weight excluding hydrogens is 477 g/mol.